The Balaban J connectivity index is 1.36. The topological polar surface area (TPSA) is 95.6 Å². The number of halogens is 1. The molecule has 204 valence electrons. The van der Waals surface area contributed by atoms with Crippen LogP contribution in [0, 0.1) is 0 Å². The van der Waals surface area contributed by atoms with Crippen molar-refractivity contribution >= 4 is 33.4 Å². The van der Waals surface area contributed by atoms with Crippen LogP contribution in [0.2, 0.25) is 5.02 Å². The SMILES string of the molecule is O=C(N[C@H]1CCCc2ccccc21)c1ccc(CN([C@@H]2CCCCNC2=O)S(=O)(=O)c2ccc(Cl)cc2)cc1. The first-order valence-electron chi connectivity index (χ1n) is 13.4. The summed E-state index contributed by atoms with van der Waals surface area (Å²) in [7, 11) is -4.00. The van der Waals surface area contributed by atoms with E-state index in [1.807, 2.05) is 12.1 Å². The van der Waals surface area contributed by atoms with Crippen molar-refractivity contribution in [2.45, 2.75) is 62.0 Å². The van der Waals surface area contributed by atoms with E-state index in [-0.39, 0.29) is 29.3 Å². The lowest BCUT2D eigenvalue weighted by Crippen LogP contribution is -2.48. The number of rotatable bonds is 7. The highest BCUT2D eigenvalue weighted by Crippen LogP contribution is 2.30. The summed E-state index contributed by atoms with van der Waals surface area (Å²) in [6, 6.07) is 20.2. The molecule has 0 spiro atoms. The lowest BCUT2D eigenvalue weighted by molar-refractivity contribution is -0.124. The first-order chi connectivity index (χ1) is 18.8. The van der Waals surface area contributed by atoms with Gasteiger partial charge in [0.2, 0.25) is 15.9 Å². The molecule has 1 saturated heterocycles. The van der Waals surface area contributed by atoms with Gasteiger partial charge in [-0.3, -0.25) is 9.59 Å². The van der Waals surface area contributed by atoms with Gasteiger partial charge in [-0.05, 0) is 91.6 Å². The van der Waals surface area contributed by atoms with Crippen molar-refractivity contribution in [3.8, 4) is 0 Å². The molecule has 1 heterocycles. The zero-order valence-corrected chi connectivity index (χ0v) is 23.2. The Morgan fingerprint density at radius 2 is 1.69 bits per heavy atom. The number of hydrogen-bond donors (Lipinski definition) is 2. The molecule has 2 aliphatic rings. The second kappa shape index (κ2) is 11.9. The van der Waals surface area contributed by atoms with Crippen LogP contribution in [0.4, 0.5) is 0 Å². The van der Waals surface area contributed by atoms with Gasteiger partial charge in [-0.15, -0.1) is 0 Å². The van der Waals surface area contributed by atoms with E-state index >= 15 is 0 Å². The number of fused-ring (bicyclic) bond motifs is 1. The maximum Gasteiger partial charge on any atom is 0.251 e. The molecule has 3 aromatic rings. The summed E-state index contributed by atoms with van der Waals surface area (Å²) in [4.78, 5) is 26.1. The Labute approximate surface area is 234 Å². The monoisotopic (exact) mass is 565 g/mol. The molecule has 7 nitrogen and oxygen atoms in total. The minimum Gasteiger partial charge on any atom is -0.355 e. The summed E-state index contributed by atoms with van der Waals surface area (Å²) in [5, 5.41) is 6.43. The van der Waals surface area contributed by atoms with Crippen molar-refractivity contribution in [2.24, 2.45) is 0 Å². The fourth-order valence-corrected chi connectivity index (χ4v) is 7.12. The van der Waals surface area contributed by atoms with Crippen molar-refractivity contribution in [1.29, 1.82) is 0 Å². The molecule has 9 heteroatoms. The number of sulfonamides is 1. The number of nitrogens with zero attached hydrogens (tertiary/aromatic N) is 1. The van der Waals surface area contributed by atoms with Crippen LogP contribution in [0.25, 0.3) is 0 Å². The van der Waals surface area contributed by atoms with Crippen LogP contribution in [0.1, 0.15) is 65.2 Å². The fourth-order valence-electron chi connectivity index (χ4n) is 5.39. The van der Waals surface area contributed by atoms with Gasteiger partial charge in [0.15, 0.2) is 0 Å². The molecular formula is C30H32ClN3O4S. The summed E-state index contributed by atoms with van der Waals surface area (Å²) in [6.07, 6.45) is 4.90. The zero-order valence-electron chi connectivity index (χ0n) is 21.6. The van der Waals surface area contributed by atoms with Crippen molar-refractivity contribution in [1.82, 2.24) is 14.9 Å². The van der Waals surface area contributed by atoms with E-state index in [9.17, 15) is 18.0 Å². The van der Waals surface area contributed by atoms with Gasteiger partial charge >= 0.3 is 0 Å². The van der Waals surface area contributed by atoms with Crippen LogP contribution >= 0.6 is 11.6 Å². The summed E-state index contributed by atoms with van der Waals surface area (Å²) >= 11 is 5.99. The number of hydrogen-bond acceptors (Lipinski definition) is 4. The second-order valence-corrected chi connectivity index (χ2v) is 12.4. The molecule has 0 radical (unpaired) electrons. The van der Waals surface area contributed by atoms with E-state index in [4.69, 9.17) is 11.6 Å². The van der Waals surface area contributed by atoms with Gasteiger partial charge in [0.1, 0.15) is 6.04 Å². The molecular weight excluding hydrogens is 534 g/mol. The van der Waals surface area contributed by atoms with Gasteiger partial charge < -0.3 is 10.6 Å². The predicted molar refractivity (Wildman–Crippen MR) is 151 cm³/mol. The molecule has 1 aliphatic carbocycles. The molecule has 2 atom stereocenters. The van der Waals surface area contributed by atoms with E-state index in [1.54, 1.807) is 24.3 Å². The van der Waals surface area contributed by atoms with Crippen LogP contribution in [0.15, 0.2) is 77.7 Å². The number of carbonyl (C=O) groups is 2. The first kappa shape index (κ1) is 27.4. The smallest absolute Gasteiger partial charge is 0.251 e. The first-order valence-corrected chi connectivity index (χ1v) is 15.2. The standard InChI is InChI=1S/C30H32ClN3O4S/c31-24-15-17-25(18-16-24)39(37,38)34(28-10-3-4-19-32-30(28)36)20-21-11-13-23(14-12-21)29(35)33-27-9-5-7-22-6-1-2-8-26(22)27/h1-2,6,8,11-18,27-28H,3-5,7,9-10,19-20H2,(H,32,36)(H,33,35)/t27-,28+/m0/s1. The van der Waals surface area contributed by atoms with Gasteiger partial charge in [0.25, 0.3) is 5.91 Å². The summed E-state index contributed by atoms with van der Waals surface area (Å²) in [5.41, 5.74) is 3.62. The third-order valence-corrected chi connectivity index (χ3v) is 9.62. The minimum absolute atomic E-state index is 0.000938. The Morgan fingerprint density at radius 1 is 0.949 bits per heavy atom. The van der Waals surface area contributed by atoms with Gasteiger partial charge in [-0.2, -0.15) is 4.31 Å². The molecule has 2 N–H and O–H groups in total. The third-order valence-electron chi connectivity index (χ3n) is 7.50. The van der Waals surface area contributed by atoms with E-state index in [2.05, 4.69) is 22.8 Å². The highest BCUT2D eigenvalue weighted by Gasteiger charge is 2.36. The summed E-state index contributed by atoms with van der Waals surface area (Å²) < 4.78 is 28.8. The highest BCUT2D eigenvalue weighted by molar-refractivity contribution is 7.89. The van der Waals surface area contributed by atoms with Crippen molar-refractivity contribution in [3.63, 3.8) is 0 Å². The minimum atomic E-state index is -4.00. The average Bonchev–Trinajstić information content (AvgIpc) is 3.16. The van der Waals surface area contributed by atoms with Gasteiger partial charge in [-0.1, -0.05) is 48.0 Å². The average molecular weight is 566 g/mol. The van der Waals surface area contributed by atoms with Crippen molar-refractivity contribution in [3.05, 3.63) is 100 Å². The van der Waals surface area contributed by atoms with Gasteiger partial charge in [-0.25, -0.2) is 8.42 Å². The van der Waals surface area contributed by atoms with Gasteiger partial charge in [0.05, 0.1) is 10.9 Å². The molecule has 0 bridgehead atoms. The van der Waals surface area contributed by atoms with Gasteiger partial charge in [0, 0.05) is 23.7 Å². The largest absolute Gasteiger partial charge is 0.355 e. The van der Waals surface area contributed by atoms with Crippen molar-refractivity contribution in [2.75, 3.05) is 6.54 Å². The Hall–Kier alpha value is -3.20. The van der Waals surface area contributed by atoms with E-state index in [1.165, 1.54) is 39.7 Å². The molecule has 0 saturated carbocycles. The van der Waals surface area contributed by atoms with E-state index < -0.39 is 16.1 Å². The van der Waals surface area contributed by atoms with Crippen LogP contribution < -0.4 is 10.6 Å². The van der Waals surface area contributed by atoms with Crippen molar-refractivity contribution < 1.29 is 18.0 Å². The van der Waals surface area contributed by atoms with Crippen LogP contribution in [0.5, 0.6) is 0 Å². The van der Waals surface area contributed by atoms with Crippen LogP contribution in [0.3, 0.4) is 0 Å². The van der Waals surface area contributed by atoms with Crippen LogP contribution in [-0.4, -0.2) is 37.1 Å². The molecule has 2 amide bonds. The fraction of sp³-hybridized carbons (Fsp3) is 0.333. The molecule has 0 aromatic heterocycles. The number of benzene rings is 3. The van der Waals surface area contributed by atoms with E-state index in [0.29, 0.717) is 29.1 Å². The molecule has 1 aliphatic heterocycles. The quantitative estimate of drug-likeness (QED) is 0.421. The molecule has 1 fully saturated rings. The number of nitrogens with one attached hydrogen (secondary N) is 2. The second-order valence-electron chi connectivity index (χ2n) is 10.1. The Morgan fingerprint density at radius 3 is 2.46 bits per heavy atom. The molecule has 5 rings (SSSR count). The Bertz CT molecular complexity index is 1440. The number of aryl methyl sites for hydroxylation is 1. The predicted octanol–water partition coefficient (Wildman–Crippen LogP) is 5.01. The Kier molecular flexibility index (Phi) is 8.35. The van der Waals surface area contributed by atoms with Crippen LogP contribution in [-0.2, 0) is 27.8 Å². The summed E-state index contributed by atoms with van der Waals surface area (Å²) in [6.45, 7) is 0.528. The molecule has 0 unspecified atom stereocenters. The number of amides is 2. The normalized spacial score (nSPS) is 19.6. The highest BCUT2D eigenvalue weighted by atomic mass is 35.5. The maximum atomic E-state index is 13.7. The lowest BCUT2D eigenvalue weighted by atomic mass is 9.87. The summed E-state index contributed by atoms with van der Waals surface area (Å²) in [5.74, 6) is -0.467. The number of carbonyl (C=O) groups excluding carboxylic acids is 2. The zero-order chi connectivity index (χ0) is 27.4. The maximum absolute atomic E-state index is 13.7. The molecule has 39 heavy (non-hydrogen) atoms. The third kappa shape index (κ3) is 6.19. The lowest BCUT2D eigenvalue weighted by Gasteiger charge is -2.29. The molecule has 3 aromatic carbocycles. The van der Waals surface area contributed by atoms with E-state index in [0.717, 1.165) is 32.1 Å².